The van der Waals surface area contributed by atoms with Gasteiger partial charge in [-0.25, -0.2) is 13.5 Å². The minimum absolute atomic E-state index is 0.123. The molecule has 12 heteroatoms. The van der Waals surface area contributed by atoms with Gasteiger partial charge in [-0.15, -0.1) is 23.2 Å². The molecule has 7 nitrogen and oxygen atoms in total. The quantitative estimate of drug-likeness (QED) is 0.416. The number of amides is 1. The van der Waals surface area contributed by atoms with E-state index in [2.05, 4.69) is 10.4 Å². The third kappa shape index (κ3) is 3.99. The Labute approximate surface area is 161 Å². The topological polar surface area (TPSA) is 90.1 Å². The van der Waals surface area contributed by atoms with Gasteiger partial charge in [0, 0.05) is 16.8 Å². The molecule has 0 fully saturated rings. The number of nitrogens with one attached hydrogen (secondary N) is 1. The summed E-state index contributed by atoms with van der Waals surface area (Å²) in [4.78, 5) is 20.1. The second-order valence-electron chi connectivity index (χ2n) is 5.55. The van der Waals surface area contributed by atoms with Gasteiger partial charge >= 0.3 is 5.69 Å². The molecule has 3 unspecified atom stereocenters. The van der Waals surface area contributed by atoms with Gasteiger partial charge < -0.3 is 5.32 Å². The molecule has 0 aromatic carbocycles. The summed E-state index contributed by atoms with van der Waals surface area (Å²) in [7, 11) is 0. The Bertz CT molecular complexity index is 781. The lowest BCUT2D eigenvalue weighted by molar-refractivity contribution is -0.384. The summed E-state index contributed by atoms with van der Waals surface area (Å²) in [5.74, 6) is -1.06. The number of rotatable bonds is 6. The number of carbonyl (C=O) groups excluding carboxylic acids is 1. The van der Waals surface area contributed by atoms with E-state index in [9.17, 15) is 23.7 Å². The van der Waals surface area contributed by atoms with E-state index < -0.39 is 45.1 Å². The molecule has 0 aliphatic heterocycles. The average molecular weight is 430 g/mol. The second kappa shape index (κ2) is 7.89. The van der Waals surface area contributed by atoms with Gasteiger partial charge in [-0.2, -0.15) is 5.10 Å². The third-order valence-electron chi connectivity index (χ3n) is 3.56. The average Bonchev–Trinajstić information content (AvgIpc) is 2.89. The first kappa shape index (κ1) is 20.6. The largest absolute Gasteiger partial charge is 0.331 e. The minimum atomic E-state index is -3.07. The number of aromatic nitrogens is 2. The van der Waals surface area contributed by atoms with Crippen LogP contribution in [-0.4, -0.2) is 37.3 Å². The van der Waals surface area contributed by atoms with Gasteiger partial charge in [0.1, 0.15) is 12.2 Å². The van der Waals surface area contributed by atoms with Gasteiger partial charge in [0.05, 0.1) is 4.92 Å². The van der Waals surface area contributed by atoms with E-state index in [0.29, 0.717) is 0 Å². The third-order valence-corrected chi connectivity index (χ3v) is 4.55. The Kier molecular flexibility index (Phi) is 6.25. The lowest BCUT2D eigenvalue weighted by Gasteiger charge is -2.34. The fraction of sp³-hybridized carbons (Fsp3) is 0.429. The highest BCUT2D eigenvalue weighted by molar-refractivity contribution is 6.33. The Morgan fingerprint density at radius 2 is 2.23 bits per heavy atom. The van der Waals surface area contributed by atoms with Crippen LogP contribution in [0.3, 0.4) is 0 Å². The zero-order valence-electron chi connectivity index (χ0n) is 13.2. The first-order valence-electron chi connectivity index (χ1n) is 7.25. The summed E-state index contributed by atoms with van der Waals surface area (Å²) in [6, 6.07) is -1.46. The highest BCUT2D eigenvalue weighted by atomic mass is 35.5. The van der Waals surface area contributed by atoms with E-state index in [4.69, 9.17) is 34.8 Å². The molecule has 2 rings (SSSR count). The summed E-state index contributed by atoms with van der Waals surface area (Å²) in [5, 5.41) is 16.6. The summed E-state index contributed by atoms with van der Waals surface area (Å²) in [5.41, 5.74) is -0.590. The van der Waals surface area contributed by atoms with Crippen molar-refractivity contribution < 1.29 is 18.5 Å². The van der Waals surface area contributed by atoms with Gasteiger partial charge in [0.15, 0.2) is 4.87 Å². The minimum Gasteiger partial charge on any atom is -0.305 e. The van der Waals surface area contributed by atoms with Gasteiger partial charge in [0.2, 0.25) is 11.7 Å². The predicted molar refractivity (Wildman–Crippen MR) is 94.1 cm³/mol. The van der Waals surface area contributed by atoms with Crippen LogP contribution in [0.5, 0.6) is 0 Å². The van der Waals surface area contributed by atoms with E-state index in [1.54, 1.807) is 6.92 Å². The number of allylic oxidation sites excluding steroid dienone is 4. The first-order chi connectivity index (χ1) is 12.1. The number of hydrogen-bond donors (Lipinski definition) is 1. The van der Waals surface area contributed by atoms with E-state index in [0.717, 1.165) is 17.0 Å². The van der Waals surface area contributed by atoms with Crippen LogP contribution in [-0.2, 0) is 4.79 Å². The van der Waals surface area contributed by atoms with Crippen molar-refractivity contribution in [1.29, 1.82) is 0 Å². The molecule has 3 atom stereocenters. The van der Waals surface area contributed by atoms with Crippen LogP contribution < -0.4 is 5.32 Å². The summed E-state index contributed by atoms with van der Waals surface area (Å²) < 4.78 is 28.0. The number of carbonyl (C=O) groups is 1. The zero-order valence-corrected chi connectivity index (χ0v) is 15.5. The molecule has 1 N–H and O–H groups in total. The van der Waals surface area contributed by atoms with E-state index >= 15 is 0 Å². The Morgan fingerprint density at radius 3 is 2.77 bits per heavy atom. The lowest BCUT2D eigenvalue weighted by Crippen LogP contribution is -2.41. The van der Waals surface area contributed by atoms with E-state index in [-0.39, 0.29) is 11.5 Å². The van der Waals surface area contributed by atoms with Crippen molar-refractivity contribution in [3.8, 4) is 0 Å². The molecule has 142 valence electrons. The lowest BCUT2D eigenvalue weighted by atomic mass is 9.94. The van der Waals surface area contributed by atoms with Gasteiger partial charge in [-0.1, -0.05) is 23.8 Å². The predicted octanol–water partition coefficient (Wildman–Crippen LogP) is 4.22. The van der Waals surface area contributed by atoms with Crippen molar-refractivity contribution in [3.63, 3.8) is 0 Å². The Morgan fingerprint density at radius 1 is 1.58 bits per heavy atom. The van der Waals surface area contributed by atoms with Crippen molar-refractivity contribution in [2.24, 2.45) is 0 Å². The molecule has 0 spiro atoms. The molecule has 0 radical (unpaired) electrons. The van der Waals surface area contributed by atoms with Gasteiger partial charge in [-0.05, 0) is 13.0 Å². The first-order valence-corrected chi connectivity index (χ1v) is 8.45. The van der Waals surface area contributed by atoms with Crippen molar-refractivity contribution in [1.82, 2.24) is 9.78 Å². The maximum absolute atomic E-state index is 13.6. The second-order valence-corrected chi connectivity index (χ2v) is 7.39. The molecular weight excluding hydrogens is 417 g/mol. The van der Waals surface area contributed by atoms with Crippen molar-refractivity contribution >= 4 is 52.2 Å². The molecule has 1 aliphatic carbocycles. The van der Waals surface area contributed by atoms with E-state index in [1.165, 1.54) is 12.2 Å². The molecule has 0 saturated carbocycles. The monoisotopic (exact) mass is 428 g/mol. The number of alkyl halides is 4. The van der Waals surface area contributed by atoms with Crippen LogP contribution in [0, 0.1) is 10.1 Å². The molecule has 1 aromatic heterocycles. The molecule has 26 heavy (non-hydrogen) atoms. The number of nitrogens with zero attached hydrogens (tertiary/aromatic N) is 3. The van der Waals surface area contributed by atoms with Crippen LogP contribution >= 0.6 is 34.8 Å². The Balaban J connectivity index is 2.54. The summed E-state index contributed by atoms with van der Waals surface area (Å²) in [6.45, 7) is 1.55. The Hall–Kier alpha value is -1.71. The fourth-order valence-electron chi connectivity index (χ4n) is 2.42. The van der Waals surface area contributed by atoms with Crippen molar-refractivity contribution in [2.75, 3.05) is 5.32 Å². The summed E-state index contributed by atoms with van der Waals surface area (Å²) in [6.07, 6.45) is 1.19. The fourth-order valence-corrected chi connectivity index (χ4v) is 3.24. The molecular formula is C14H13Cl3F2N4O3. The van der Waals surface area contributed by atoms with Gasteiger partial charge in [-0.3, -0.25) is 14.9 Å². The van der Waals surface area contributed by atoms with Crippen LogP contribution in [0.4, 0.5) is 20.3 Å². The van der Waals surface area contributed by atoms with Gasteiger partial charge in [0.25, 0.3) is 6.43 Å². The number of halogens is 5. The molecule has 1 heterocycles. The normalized spacial score (nSPS) is 23.7. The van der Waals surface area contributed by atoms with Crippen molar-refractivity contribution in [3.05, 3.63) is 39.6 Å². The molecule has 1 amide bonds. The number of hydrogen-bond acceptors (Lipinski definition) is 4. The van der Waals surface area contributed by atoms with Crippen LogP contribution in [0.25, 0.3) is 0 Å². The molecule has 1 aromatic rings. The molecule has 1 aliphatic rings. The number of anilines is 1. The number of nitro groups is 1. The summed E-state index contributed by atoms with van der Waals surface area (Å²) >= 11 is 17.9. The highest BCUT2D eigenvalue weighted by Gasteiger charge is 2.49. The SMILES string of the molecule is CC(Cl)CC(=O)Nc1c([N+](=O)[O-])cnn1C1C(Cl)=CC=CC1(Cl)C(F)F. The smallest absolute Gasteiger partial charge is 0.305 e. The van der Waals surface area contributed by atoms with E-state index in [1.807, 2.05) is 0 Å². The van der Waals surface area contributed by atoms with Crippen molar-refractivity contribution in [2.45, 2.75) is 36.1 Å². The maximum Gasteiger partial charge on any atom is 0.331 e. The van der Waals surface area contributed by atoms with Crippen LogP contribution in [0.15, 0.2) is 29.5 Å². The molecule has 0 bridgehead atoms. The van der Waals surface area contributed by atoms with Crippen LogP contribution in [0.2, 0.25) is 0 Å². The standard InChI is InChI=1S/C14H13Cl3F2N4O3/c1-7(15)5-10(24)21-12-9(23(25)26)6-20-22(12)11-8(16)3-2-4-14(11,17)13(18)19/h2-4,6-7,11,13H,5H2,1H3,(H,21,24). The van der Waals surface area contributed by atoms with Crippen LogP contribution in [0.1, 0.15) is 19.4 Å². The zero-order chi connectivity index (χ0) is 19.6. The highest BCUT2D eigenvalue weighted by Crippen LogP contribution is 2.47. The molecule has 0 saturated heterocycles. The maximum atomic E-state index is 13.6.